The minimum absolute atomic E-state index is 0.0375. The summed E-state index contributed by atoms with van der Waals surface area (Å²) < 4.78 is 0. The van der Waals surface area contributed by atoms with Gasteiger partial charge in [-0.3, -0.25) is 0 Å². The zero-order chi connectivity index (χ0) is 16.4. The smallest absolute Gasteiger partial charge is 0.111 e. The van der Waals surface area contributed by atoms with Crippen molar-refractivity contribution < 1.29 is 0 Å². The third-order valence-corrected chi connectivity index (χ3v) is 5.35. The number of aromatic amines is 1. The number of nitrogens with zero attached hydrogens (tertiary/aromatic N) is 1. The number of imidazole rings is 1. The summed E-state index contributed by atoms with van der Waals surface area (Å²) in [6, 6.07) is 8.29. The van der Waals surface area contributed by atoms with E-state index in [1.165, 1.54) is 43.4 Å². The maximum Gasteiger partial charge on any atom is 0.111 e. The number of hydrogen-bond donors (Lipinski definition) is 1. The second kappa shape index (κ2) is 6.68. The van der Waals surface area contributed by atoms with E-state index in [1.807, 2.05) is 18.3 Å². The SMILES string of the molecule is CC(C)(C)c1ncc(C(c2ccccc2Cl)C2CCCCC2)[nH]1. The molecule has 0 saturated heterocycles. The standard InChI is InChI=1S/C20H27ClN2/c1-20(2,3)19-22-13-17(23-19)18(14-9-5-4-6-10-14)15-11-7-8-12-16(15)21/h7-8,11-14,18H,4-6,9-10H2,1-3H3,(H,22,23). The average Bonchev–Trinajstić information content (AvgIpc) is 3.00. The zero-order valence-corrected chi connectivity index (χ0v) is 15.2. The second-order valence-electron chi connectivity index (χ2n) is 7.83. The number of benzene rings is 1. The molecule has 2 nitrogen and oxygen atoms in total. The Kier molecular flexibility index (Phi) is 4.82. The largest absolute Gasteiger partial charge is 0.345 e. The lowest BCUT2D eigenvalue weighted by Gasteiger charge is -2.30. The maximum absolute atomic E-state index is 6.55. The van der Waals surface area contributed by atoms with E-state index in [-0.39, 0.29) is 5.41 Å². The molecule has 3 heteroatoms. The molecular weight excluding hydrogens is 304 g/mol. The van der Waals surface area contributed by atoms with Crippen molar-refractivity contribution in [1.29, 1.82) is 0 Å². The van der Waals surface area contributed by atoms with Gasteiger partial charge in [0.15, 0.2) is 0 Å². The van der Waals surface area contributed by atoms with Crippen molar-refractivity contribution in [3.05, 3.63) is 52.6 Å². The minimum atomic E-state index is 0.0375. The van der Waals surface area contributed by atoms with Crippen LogP contribution in [-0.4, -0.2) is 9.97 Å². The Bertz CT molecular complexity index is 648. The fraction of sp³-hybridized carbons (Fsp3) is 0.550. The quantitative estimate of drug-likeness (QED) is 0.726. The Morgan fingerprint density at radius 3 is 2.43 bits per heavy atom. The van der Waals surface area contributed by atoms with Crippen molar-refractivity contribution in [2.24, 2.45) is 5.92 Å². The van der Waals surface area contributed by atoms with Gasteiger partial charge in [-0.2, -0.15) is 0 Å². The van der Waals surface area contributed by atoms with Crippen LogP contribution in [-0.2, 0) is 5.41 Å². The van der Waals surface area contributed by atoms with Crippen molar-refractivity contribution in [2.75, 3.05) is 0 Å². The highest BCUT2D eigenvalue weighted by atomic mass is 35.5. The highest BCUT2D eigenvalue weighted by Crippen LogP contribution is 2.42. The molecule has 0 radical (unpaired) electrons. The molecule has 1 N–H and O–H groups in total. The van der Waals surface area contributed by atoms with Crippen molar-refractivity contribution in [2.45, 2.75) is 64.2 Å². The van der Waals surface area contributed by atoms with Crippen LogP contribution in [0.3, 0.4) is 0 Å². The van der Waals surface area contributed by atoms with Gasteiger partial charge in [0.25, 0.3) is 0 Å². The van der Waals surface area contributed by atoms with Crippen LogP contribution in [0.5, 0.6) is 0 Å². The zero-order valence-electron chi connectivity index (χ0n) is 14.4. The van der Waals surface area contributed by atoms with Crippen LogP contribution < -0.4 is 0 Å². The number of nitrogens with one attached hydrogen (secondary N) is 1. The second-order valence-corrected chi connectivity index (χ2v) is 8.24. The van der Waals surface area contributed by atoms with E-state index >= 15 is 0 Å². The van der Waals surface area contributed by atoms with E-state index in [4.69, 9.17) is 11.6 Å². The summed E-state index contributed by atoms with van der Waals surface area (Å²) in [5, 5.41) is 0.870. The molecule has 0 spiro atoms. The molecule has 0 amide bonds. The molecule has 1 fully saturated rings. The fourth-order valence-electron chi connectivity index (χ4n) is 3.74. The summed E-state index contributed by atoms with van der Waals surface area (Å²) in [7, 11) is 0. The molecule has 0 bridgehead atoms. The Hall–Kier alpha value is -1.28. The lowest BCUT2D eigenvalue weighted by atomic mass is 9.75. The molecule has 1 unspecified atom stereocenters. The molecule has 1 aliphatic carbocycles. The predicted molar refractivity (Wildman–Crippen MR) is 97.2 cm³/mol. The topological polar surface area (TPSA) is 28.7 Å². The molecule has 124 valence electrons. The summed E-state index contributed by atoms with van der Waals surface area (Å²) in [5.41, 5.74) is 2.50. The normalized spacial score (nSPS) is 18.1. The molecule has 2 aromatic rings. The van der Waals surface area contributed by atoms with Gasteiger partial charge in [0.05, 0.1) is 0 Å². The number of aromatic nitrogens is 2. The van der Waals surface area contributed by atoms with Gasteiger partial charge in [-0.1, -0.05) is 69.8 Å². The van der Waals surface area contributed by atoms with Crippen LogP contribution in [0.2, 0.25) is 5.02 Å². The monoisotopic (exact) mass is 330 g/mol. The van der Waals surface area contributed by atoms with E-state index in [9.17, 15) is 0 Å². The first-order valence-corrected chi connectivity index (χ1v) is 9.14. The van der Waals surface area contributed by atoms with Crippen molar-refractivity contribution in [1.82, 2.24) is 9.97 Å². The van der Waals surface area contributed by atoms with Gasteiger partial charge in [0, 0.05) is 28.2 Å². The van der Waals surface area contributed by atoms with Crippen LogP contribution in [0.4, 0.5) is 0 Å². The van der Waals surface area contributed by atoms with Crippen LogP contribution in [0.25, 0.3) is 0 Å². The molecule has 1 aromatic heterocycles. The van der Waals surface area contributed by atoms with Crippen molar-refractivity contribution in [3.8, 4) is 0 Å². The molecule has 1 atom stereocenters. The number of halogens is 1. The Labute approximate surface area is 144 Å². The van der Waals surface area contributed by atoms with Gasteiger partial charge in [-0.15, -0.1) is 0 Å². The third kappa shape index (κ3) is 3.63. The van der Waals surface area contributed by atoms with Gasteiger partial charge in [0.1, 0.15) is 5.82 Å². The summed E-state index contributed by atoms with van der Waals surface area (Å²) >= 11 is 6.55. The number of hydrogen-bond acceptors (Lipinski definition) is 1. The molecule has 1 heterocycles. The van der Waals surface area contributed by atoms with Gasteiger partial charge < -0.3 is 4.98 Å². The van der Waals surface area contributed by atoms with Crippen LogP contribution in [0.15, 0.2) is 30.5 Å². The number of H-pyrrole nitrogens is 1. The van der Waals surface area contributed by atoms with Crippen LogP contribution in [0.1, 0.15) is 75.9 Å². The highest BCUT2D eigenvalue weighted by molar-refractivity contribution is 6.31. The molecule has 23 heavy (non-hydrogen) atoms. The molecule has 0 aliphatic heterocycles. The van der Waals surface area contributed by atoms with E-state index in [1.54, 1.807) is 0 Å². The lowest BCUT2D eigenvalue weighted by molar-refractivity contribution is 0.324. The van der Waals surface area contributed by atoms with E-state index in [0.717, 1.165) is 10.8 Å². The first-order chi connectivity index (χ1) is 11.0. The summed E-state index contributed by atoms with van der Waals surface area (Å²) in [4.78, 5) is 8.27. The minimum Gasteiger partial charge on any atom is -0.345 e. The van der Waals surface area contributed by atoms with Crippen molar-refractivity contribution >= 4 is 11.6 Å². The van der Waals surface area contributed by atoms with E-state index in [0.29, 0.717) is 11.8 Å². The van der Waals surface area contributed by atoms with E-state index < -0.39 is 0 Å². The van der Waals surface area contributed by atoms with Gasteiger partial charge in [-0.25, -0.2) is 4.98 Å². The van der Waals surface area contributed by atoms with Crippen LogP contribution in [0, 0.1) is 5.92 Å². The Balaban J connectivity index is 2.01. The Morgan fingerprint density at radius 2 is 1.83 bits per heavy atom. The predicted octanol–water partition coefficient (Wildman–Crippen LogP) is 6.07. The van der Waals surface area contributed by atoms with Gasteiger partial charge in [-0.05, 0) is 30.4 Å². The van der Waals surface area contributed by atoms with Crippen LogP contribution >= 0.6 is 11.6 Å². The summed E-state index contributed by atoms with van der Waals surface area (Å²) in [5.74, 6) is 2.03. The number of rotatable bonds is 3. The summed E-state index contributed by atoms with van der Waals surface area (Å²) in [6.45, 7) is 6.59. The van der Waals surface area contributed by atoms with Gasteiger partial charge >= 0.3 is 0 Å². The fourth-order valence-corrected chi connectivity index (χ4v) is 4.00. The average molecular weight is 331 g/mol. The molecule has 3 rings (SSSR count). The molecular formula is C20H27ClN2. The van der Waals surface area contributed by atoms with Gasteiger partial charge in [0.2, 0.25) is 0 Å². The Morgan fingerprint density at radius 1 is 1.13 bits per heavy atom. The molecule has 1 saturated carbocycles. The highest BCUT2D eigenvalue weighted by Gasteiger charge is 2.30. The maximum atomic E-state index is 6.55. The first kappa shape index (κ1) is 16.6. The molecule has 1 aliphatic rings. The van der Waals surface area contributed by atoms with E-state index in [2.05, 4.69) is 42.9 Å². The van der Waals surface area contributed by atoms with Crippen molar-refractivity contribution in [3.63, 3.8) is 0 Å². The lowest BCUT2D eigenvalue weighted by Crippen LogP contribution is -2.19. The molecule has 1 aromatic carbocycles. The summed E-state index contributed by atoms with van der Waals surface area (Å²) in [6.07, 6.45) is 8.60. The first-order valence-electron chi connectivity index (χ1n) is 8.76. The third-order valence-electron chi connectivity index (χ3n) is 5.00.